The van der Waals surface area contributed by atoms with Crippen LogP contribution in [0.15, 0.2) is 24.3 Å². The number of esters is 1. The zero-order chi connectivity index (χ0) is 16.1. The number of ketones is 1. The van der Waals surface area contributed by atoms with E-state index in [0.717, 1.165) is 11.3 Å². The fourth-order valence-corrected chi connectivity index (χ4v) is 2.44. The Kier molecular flexibility index (Phi) is 5.14. The van der Waals surface area contributed by atoms with E-state index in [1.165, 1.54) is 7.11 Å². The van der Waals surface area contributed by atoms with Gasteiger partial charge in [-0.1, -0.05) is 12.1 Å². The van der Waals surface area contributed by atoms with Crippen molar-refractivity contribution in [3.05, 3.63) is 29.8 Å². The average molecular weight is 305 g/mol. The van der Waals surface area contributed by atoms with Crippen molar-refractivity contribution < 1.29 is 23.9 Å². The molecule has 0 spiro atoms. The summed E-state index contributed by atoms with van der Waals surface area (Å²) in [6, 6.07) is 7.23. The molecule has 2 rings (SSSR count). The maximum atomic E-state index is 12.3. The lowest BCUT2D eigenvalue weighted by molar-refractivity contribution is -0.153. The highest BCUT2D eigenvalue weighted by molar-refractivity contribution is 6.00. The molecule has 1 aromatic carbocycles. The highest BCUT2D eigenvalue weighted by Gasteiger charge is 2.35. The molecule has 1 unspecified atom stereocenters. The molecule has 1 heterocycles. The van der Waals surface area contributed by atoms with Gasteiger partial charge >= 0.3 is 5.97 Å². The molecule has 1 aliphatic heterocycles. The zero-order valence-corrected chi connectivity index (χ0v) is 12.7. The number of rotatable bonds is 4. The molecule has 1 saturated heterocycles. The first kappa shape index (κ1) is 16.0. The predicted molar refractivity (Wildman–Crippen MR) is 78.4 cm³/mol. The van der Waals surface area contributed by atoms with Gasteiger partial charge in [-0.2, -0.15) is 0 Å². The molecule has 0 N–H and O–H groups in total. The van der Waals surface area contributed by atoms with Crippen LogP contribution in [0.5, 0.6) is 5.75 Å². The minimum atomic E-state index is -0.862. The molecular weight excluding hydrogens is 286 g/mol. The maximum Gasteiger partial charge on any atom is 0.318 e. The first-order chi connectivity index (χ1) is 10.5. The smallest absolute Gasteiger partial charge is 0.318 e. The number of carbonyl (C=O) groups is 3. The lowest BCUT2D eigenvalue weighted by Gasteiger charge is -2.30. The van der Waals surface area contributed by atoms with Gasteiger partial charge in [-0.25, -0.2) is 0 Å². The Morgan fingerprint density at radius 1 is 1.23 bits per heavy atom. The Labute approximate surface area is 129 Å². The van der Waals surface area contributed by atoms with Crippen LogP contribution in [0.3, 0.4) is 0 Å². The van der Waals surface area contributed by atoms with Crippen LogP contribution in [0.2, 0.25) is 0 Å². The molecule has 1 amide bonds. The van der Waals surface area contributed by atoms with Crippen molar-refractivity contribution in [2.75, 3.05) is 27.3 Å². The van der Waals surface area contributed by atoms with Crippen LogP contribution in [0.25, 0.3) is 0 Å². The van der Waals surface area contributed by atoms with Gasteiger partial charge in [-0.3, -0.25) is 14.4 Å². The van der Waals surface area contributed by atoms with Crippen LogP contribution in [0, 0.1) is 5.92 Å². The van der Waals surface area contributed by atoms with Gasteiger partial charge in [0, 0.05) is 19.5 Å². The number of carbonyl (C=O) groups excluding carboxylic acids is 3. The standard InChI is InChI=1S/C16H19NO5/c1-21-12-5-3-11(4-6-12)9-15(19)17-8-7-14(18)13(10-17)16(20)22-2/h3-6,13H,7-10H2,1-2H3. The Morgan fingerprint density at radius 3 is 2.50 bits per heavy atom. The van der Waals surface area contributed by atoms with Crippen molar-refractivity contribution in [1.82, 2.24) is 4.90 Å². The quantitative estimate of drug-likeness (QED) is 0.608. The number of ether oxygens (including phenoxy) is 2. The minimum absolute atomic E-state index is 0.0977. The molecule has 0 radical (unpaired) electrons. The number of piperidine rings is 1. The molecule has 1 atom stereocenters. The maximum absolute atomic E-state index is 12.3. The van der Waals surface area contributed by atoms with Crippen molar-refractivity contribution in [1.29, 1.82) is 0 Å². The third-order valence-corrected chi connectivity index (χ3v) is 3.77. The summed E-state index contributed by atoms with van der Waals surface area (Å²) in [5.41, 5.74) is 0.859. The number of hydrogen-bond donors (Lipinski definition) is 0. The van der Waals surface area contributed by atoms with Gasteiger partial charge in [-0.05, 0) is 17.7 Å². The van der Waals surface area contributed by atoms with E-state index < -0.39 is 11.9 Å². The molecule has 0 aromatic heterocycles. The van der Waals surface area contributed by atoms with Crippen molar-refractivity contribution in [3.63, 3.8) is 0 Å². The molecule has 22 heavy (non-hydrogen) atoms. The number of benzene rings is 1. The van der Waals surface area contributed by atoms with Crippen molar-refractivity contribution in [3.8, 4) is 5.75 Å². The van der Waals surface area contributed by atoms with E-state index in [4.69, 9.17) is 4.74 Å². The largest absolute Gasteiger partial charge is 0.497 e. The van der Waals surface area contributed by atoms with Crippen molar-refractivity contribution in [2.45, 2.75) is 12.8 Å². The molecule has 118 valence electrons. The van der Waals surface area contributed by atoms with Gasteiger partial charge in [0.05, 0.1) is 20.6 Å². The summed E-state index contributed by atoms with van der Waals surface area (Å²) in [5.74, 6) is -0.983. The number of methoxy groups -OCH3 is 2. The number of nitrogens with zero attached hydrogens (tertiary/aromatic N) is 1. The summed E-state index contributed by atoms with van der Waals surface area (Å²) in [7, 11) is 2.82. The van der Waals surface area contributed by atoms with Gasteiger partial charge in [0.15, 0.2) is 5.78 Å². The molecule has 1 fully saturated rings. The van der Waals surface area contributed by atoms with Crippen LogP contribution in [0.4, 0.5) is 0 Å². The van der Waals surface area contributed by atoms with Gasteiger partial charge in [0.1, 0.15) is 11.7 Å². The molecule has 0 saturated carbocycles. The normalized spacial score (nSPS) is 18.0. The second-order valence-electron chi connectivity index (χ2n) is 5.16. The summed E-state index contributed by atoms with van der Waals surface area (Å²) in [4.78, 5) is 37.2. The predicted octanol–water partition coefficient (Wildman–Crippen LogP) is 0.828. The number of hydrogen-bond acceptors (Lipinski definition) is 5. The second-order valence-corrected chi connectivity index (χ2v) is 5.16. The summed E-state index contributed by atoms with van der Waals surface area (Å²) in [5, 5.41) is 0. The Bertz CT molecular complexity index is 558. The average Bonchev–Trinajstić information content (AvgIpc) is 2.55. The summed E-state index contributed by atoms with van der Waals surface area (Å²) in [6.45, 7) is 0.446. The fourth-order valence-electron chi connectivity index (χ4n) is 2.44. The summed E-state index contributed by atoms with van der Waals surface area (Å²) < 4.78 is 9.69. The molecular formula is C16H19NO5. The Balaban J connectivity index is 1.99. The molecule has 0 aliphatic carbocycles. The lowest BCUT2D eigenvalue weighted by atomic mass is 9.96. The third kappa shape index (κ3) is 3.63. The summed E-state index contributed by atoms with van der Waals surface area (Å²) in [6.07, 6.45) is 0.417. The van der Waals surface area contributed by atoms with E-state index in [9.17, 15) is 14.4 Å². The van der Waals surface area contributed by atoms with E-state index in [1.807, 2.05) is 12.1 Å². The number of amides is 1. The molecule has 6 heteroatoms. The highest BCUT2D eigenvalue weighted by Crippen LogP contribution is 2.17. The van der Waals surface area contributed by atoms with Crippen molar-refractivity contribution in [2.24, 2.45) is 5.92 Å². The van der Waals surface area contributed by atoms with Gasteiger partial charge < -0.3 is 14.4 Å². The third-order valence-electron chi connectivity index (χ3n) is 3.77. The fraction of sp³-hybridized carbons (Fsp3) is 0.438. The molecule has 1 aromatic rings. The van der Waals surface area contributed by atoms with Crippen LogP contribution >= 0.6 is 0 Å². The van der Waals surface area contributed by atoms with Crippen LogP contribution in [-0.4, -0.2) is 49.9 Å². The first-order valence-electron chi connectivity index (χ1n) is 7.06. The Hall–Kier alpha value is -2.37. The van der Waals surface area contributed by atoms with Crippen LogP contribution in [0.1, 0.15) is 12.0 Å². The Morgan fingerprint density at radius 2 is 1.91 bits per heavy atom. The minimum Gasteiger partial charge on any atom is -0.497 e. The van der Waals surface area contributed by atoms with Crippen LogP contribution in [-0.2, 0) is 25.5 Å². The van der Waals surface area contributed by atoms with E-state index in [2.05, 4.69) is 4.74 Å². The first-order valence-corrected chi connectivity index (χ1v) is 7.06. The zero-order valence-electron chi connectivity index (χ0n) is 12.7. The van der Waals surface area contributed by atoms with E-state index in [-0.39, 0.29) is 31.1 Å². The second kappa shape index (κ2) is 7.06. The van der Waals surface area contributed by atoms with E-state index in [1.54, 1.807) is 24.1 Å². The van der Waals surface area contributed by atoms with Crippen LogP contribution < -0.4 is 4.74 Å². The number of likely N-dealkylation sites (tertiary alicyclic amines) is 1. The number of Topliss-reactive ketones (excluding diaryl/α,β-unsaturated/α-hetero) is 1. The van der Waals surface area contributed by atoms with E-state index in [0.29, 0.717) is 6.54 Å². The molecule has 6 nitrogen and oxygen atoms in total. The monoisotopic (exact) mass is 305 g/mol. The van der Waals surface area contributed by atoms with Gasteiger partial charge in [-0.15, -0.1) is 0 Å². The van der Waals surface area contributed by atoms with Crippen molar-refractivity contribution >= 4 is 17.7 Å². The highest BCUT2D eigenvalue weighted by atomic mass is 16.5. The summed E-state index contributed by atoms with van der Waals surface area (Å²) >= 11 is 0. The van der Waals surface area contributed by atoms with Gasteiger partial charge in [0.25, 0.3) is 0 Å². The lowest BCUT2D eigenvalue weighted by Crippen LogP contribution is -2.47. The molecule has 1 aliphatic rings. The topological polar surface area (TPSA) is 72.9 Å². The van der Waals surface area contributed by atoms with E-state index >= 15 is 0 Å². The SMILES string of the molecule is COC(=O)C1CN(C(=O)Cc2ccc(OC)cc2)CCC1=O. The van der Waals surface area contributed by atoms with Gasteiger partial charge in [0.2, 0.25) is 5.91 Å². The molecule has 0 bridgehead atoms.